The van der Waals surface area contributed by atoms with Crippen LogP contribution in [0, 0.1) is 0 Å². The number of hydrogen-bond acceptors (Lipinski definition) is 8. The fourth-order valence-corrected chi connectivity index (χ4v) is 5.63. The summed E-state index contributed by atoms with van der Waals surface area (Å²) in [6.07, 6.45) is 1.25. The van der Waals surface area contributed by atoms with Gasteiger partial charge in [0.1, 0.15) is 12.0 Å². The topological polar surface area (TPSA) is 103 Å². The van der Waals surface area contributed by atoms with Crippen molar-refractivity contribution in [3.63, 3.8) is 0 Å². The van der Waals surface area contributed by atoms with Gasteiger partial charge in [-0.3, -0.25) is 10.1 Å². The Morgan fingerprint density at radius 2 is 2.12 bits per heavy atom. The average Bonchev–Trinajstić information content (AvgIpc) is 3.58. The van der Waals surface area contributed by atoms with Crippen LogP contribution in [0.4, 0.5) is 0 Å². The van der Waals surface area contributed by atoms with Crippen LogP contribution in [-0.2, 0) is 4.74 Å². The Hall–Kier alpha value is -1.98. The first kappa shape index (κ1) is 25.1. The molecule has 2 aromatic heterocycles. The molecule has 1 aromatic carbocycles. The summed E-state index contributed by atoms with van der Waals surface area (Å²) in [5.41, 5.74) is 4.20. The lowest BCUT2D eigenvalue weighted by Gasteiger charge is -2.14. The van der Waals surface area contributed by atoms with Gasteiger partial charge in [-0.25, -0.2) is 5.43 Å². The van der Waals surface area contributed by atoms with Gasteiger partial charge in [0.05, 0.1) is 37.2 Å². The van der Waals surface area contributed by atoms with Crippen LogP contribution in [0.2, 0.25) is 10.0 Å². The van der Waals surface area contributed by atoms with Crippen LogP contribution in [0.3, 0.4) is 0 Å². The third-order valence-electron chi connectivity index (χ3n) is 5.34. The largest absolute Gasteiger partial charge is 0.506 e. The Bertz CT molecular complexity index is 1200. The molecule has 3 heterocycles. The minimum Gasteiger partial charge on any atom is -0.506 e. The number of rotatable bonds is 8. The summed E-state index contributed by atoms with van der Waals surface area (Å²) in [5, 5.41) is 30.8. The van der Waals surface area contributed by atoms with E-state index >= 15 is 0 Å². The lowest BCUT2D eigenvalue weighted by Crippen LogP contribution is -2.29. The number of aromatic hydroxyl groups is 1. The van der Waals surface area contributed by atoms with Crippen molar-refractivity contribution in [3.8, 4) is 16.2 Å². The number of amides is 1. The summed E-state index contributed by atoms with van der Waals surface area (Å²) in [6.45, 7) is 3.00. The van der Waals surface area contributed by atoms with Crippen molar-refractivity contribution < 1.29 is 19.7 Å². The lowest BCUT2D eigenvalue weighted by molar-refractivity contribution is 0.0791. The number of ether oxygens (including phenoxy) is 1. The van der Waals surface area contributed by atoms with Crippen LogP contribution >= 0.6 is 45.9 Å². The number of aliphatic hydroxyl groups excluding tert-OH is 1. The van der Waals surface area contributed by atoms with Crippen LogP contribution < -0.4 is 10.7 Å². The maximum atomic E-state index is 12.5. The van der Waals surface area contributed by atoms with Crippen molar-refractivity contribution in [2.24, 2.45) is 5.10 Å². The Balaban J connectivity index is 1.38. The summed E-state index contributed by atoms with van der Waals surface area (Å²) < 4.78 is 5.54. The average molecular weight is 540 g/mol. The third kappa shape index (κ3) is 5.80. The highest BCUT2D eigenvalue weighted by Gasteiger charge is 2.19. The summed E-state index contributed by atoms with van der Waals surface area (Å²) in [5.74, 6) is -0.348. The molecule has 2 atom stereocenters. The van der Waals surface area contributed by atoms with E-state index < -0.39 is 12.1 Å². The highest BCUT2D eigenvalue weighted by Crippen LogP contribution is 2.40. The summed E-state index contributed by atoms with van der Waals surface area (Å²) in [7, 11) is 0. The molecule has 1 aliphatic rings. The van der Waals surface area contributed by atoms with Crippen molar-refractivity contribution in [2.75, 3.05) is 13.2 Å². The van der Waals surface area contributed by atoms with Gasteiger partial charge in [-0.15, -0.1) is 22.7 Å². The second-order valence-corrected chi connectivity index (χ2v) is 10.6. The number of halogens is 2. The predicted octanol–water partition coefficient (Wildman–Crippen LogP) is 5.40. The number of carbonyl (C=O) groups excluding carboxylic acids is 1. The van der Waals surface area contributed by atoms with Crippen molar-refractivity contribution in [3.05, 3.63) is 61.1 Å². The molecule has 1 amide bonds. The molecule has 1 aliphatic heterocycles. The number of aliphatic hydroxyl groups is 1. The lowest BCUT2D eigenvalue weighted by atomic mass is 10.1. The van der Waals surface area contributed by atoms with Crippen molar-refractivity contribution in [1.29, 1.82) is 0 Å². The number of hydrogen-bond donors (Lipinski definition) is 4. The molecule has 34 heavy (non-hydrogen) atoms. The van der Waals surface area contributed by atoms with E-state index in [0.717, 1.165) is 25.0 Å². The number of nitrogens with one attached hydrogen (secondary N) is 2. The second-order valence-electron chi connectivity index (χ2n) is 7.74. The molecule has 0 radical (unpaired) electrons. The molecule has 180 valence electrons. The van der Waals surface area contributed by atoms with Gasteiger partial charge in [0.15, 0.2) is 0 Å². The molecule has 1 unspecified atom stereocenters. The number of carbonyl (C=O) groups is 1. The van der Waals surface area contributed by atoms with Gasteiger partial charge in [-0.05, 0) is 49.6 Å². The molecule has 3 aromatic rings. The molecule has 7 nitrogen and oxygen atoms in total. The molecule has 1 fully saturated rings. The molecule has 0 bridgehead atoms. The minimum absolute atomic E-state index is 0.0535. The predicted molar refractivity (Wildman–Crippen MR) is 137 cm³/mol. The smallest absolute Gasteiger partial charge is 0.281 e. The van der Waals surface area contributed by atoms with Gasteiger partial charge < -0.3 is 14.9 Å². The molecule has 4 rings (SSSR count). The van der Waals surface area contributed by atoms with Gasteiger partial charge in [-0.1, -0.05) is 29.3 Å². The van der Waals surface area contributed by atoms with Crippen LogP contribution in [0.15, 0.2) is 40.8 Å². The maximum Gasteiger partial charge on any atom is 0.281 e. The third-order valence-corrected chi connectivity index (χ3v) is 8.24. The Kier molecular flexibility index (Phi) is 8.26. The molecule has 4 N–H and O–H groups in total. The van der Waals surface area contributed by atoms with Gasteiger partial charge in [0.25, 0.3) is 5.91 Å². The van der Waals surface area contributed by atoms with E-state index in [4.69, 9.17) is 27.9 Å². The first-order valence-electron chi connectivity index (χ1n) is 10.6. The number of hydrazone groups is 1. The Morgan fingerprint density at radius 3 is 2.85 bits per heavy atom. The van der Waals surface area contributed by atoms with Crippen molar-refractivity contribution in [1.82, 2.24) is 10.7 Å². The Labute approximate surface area is 215 Å². The fraction of sp³-hybridized carbons (Fsp3) is 0.304. The molecule has 0 aliphatic carbocycles. The Morgan fingerprint density at radius 1 is 1.29 bits per heavy atom. The van der Waals surface area contributed by atoms with E-state index in [9.17, 15) is 15.0 Å². The first-order valence-corrected chi connectivity index (χ1v) is 13.0. The van der Waals surface area contributed by atoms with E-state index in [1.165, 1.54) is 22.7 Å². The van der Waals surface area contributed by atoms with E-state index in [-0.39, 0.29) is 11.9 Å². The fourth-order valence-electron chi connectivity index (χ4n) is 3.47. The molecule has 11 heteroatoms. The first-order chi connectivity index (χ1) is 16.3. The van der Waals surface area contributed by atoms with E-state index in [2.05, 4.69) is 15.8 Å². The maximum absolute atomic E-state index is 12.5. The van der Waals surface area contributed by atoms with Gasteiger partial charge >= 0.3 is 0 Å². The van der Waals surface area contributed by atoms with Crippen molar-refractivity contribution >= 4 is 57.5 Å². The van der Waals surface area contributed by atoms with E-state index in [0.29, 0.717) is 42.5 Å². The molecular weight excluding hydrogens is 517 g/mol. The summed E-state index contributed by atoms with van der Waals surface area (Å²) in [6, 6.07) is 8.48. The SMILES string of the molecule is C/C(=N\NC(=O)c1ccc([C@H](O)NCC2CCCO2)s1)c1csc(-c2ccc(Cl)c(Cl)c2)c1O. The quantitative estimate of drug-likeness (QED) is 0.174. The molecule has 0 spiro atoms. The minimum atomic E-state index is -0.872. The molecular formula is C23H23Cl2N3O4S2. The van der Waals surface area contributed by atoms with Crippen LogP contribution in [0.5, 0.6) is 5.75 Å². The van der Waals surface area contributed by atoms with Crippen LogP contribution in [-0.4, -0.2) is 41.1 Å². The zero-order valence-electron chi connectivity index (χ0n) is 18.2. The molecule has 1 saturated heterocycles. The number of thiophene rings is 2. The normalized spacial score (nSPS) is 17.2. The monoisotopic (exact) mass is 539 g/mol. The van der Waals surface area contributed by atoms with Gasteiger partial charge in [0, 0.05) is 23.4 Å². The molecule has 0 saturated carbocycles. The standard InChI is InChI=1S/C23H23Cl2N3O4S2/c1-12(15-11-33-21(20(15)29)13-4-5-16(24)17(25)9-13)27-28-23(31)19-7-6-18(34-19)22(30)26-10-14-3-2-8-32-14/h4-7,9,11,14,22,26,29-30H,2-3,8,10H2,1H3,(H,28,31)/b27-12+/t14?,22-/m0/s1. The highest BCUT2D eigenvalue weighted by atomic mass is 35.5. The van der Waals surface area contributed by atoms with Crippen molar-refractivity contribution in [2.45, 2.75) is 32.1 Å². The number of nitrogens with zero attached hydrogens (tertiary/aromatic N) is 1. The second kappa shape index (κ2) is 11.2. The number of benzene rings is 1. The van der Waals surface area contributed by atoms with Crippen LogP contribution in [0.1, 0.15) is 46.1 Å². The van der Waals surface area contributed by atoms with E-state index in [1.54, 1.807) is 42.6 Å². The van der Waals surface area contributed by atoms with Gasteiger partial charge in [-0.2, -0.15) is 5.10 Å². The van der Waals surface area contributed by atoms with Crippen LogP contribution in [0.25, 0.3) is 10.4 Å². The highest BCUT2D eigenvalue weighted by molar-refractivity contribution is 7.14. The summed E-state index contributed by atoms with van der Waals surface area (Å²) >= 11 is 14.6. The zero-order valence-corrected chi connectivity index (χ0v) is 21.3. The summed E-state index contributed by atoms with van der Waals surface area (Å²) in [4.78, 5) is 14.2. The van der Waals surface area contributed by atoms with Gasteiger partial charge in [0.2, 0.25) is 0 Å². The van der Waals surface area contributed by atoms with E-state index in [1.807, 2.05) is 0 Å². The zero-order chi connectivity index (χ0) is 24.2.